The molecule has 0 aliphatic heterocycles. The van der Waals surface area contributed by atoms with Gasteiger partial charge in [-0.05, 0) is 44.5 Å². The Labute approximate surface area is 112 Å². The van der Waals surface area contributed by atoms with E-state index in [9.17, 15) is 0 Å². The van der Waals surface area contributed by atoms with Crippen molar-refractivity contribution in [2.24, 2.45) is 12.8 Å². The molecule has 1 heterocycles. The van der Waals surface area contributed by atoms with Gasteiger partial charge in [-0.3, -0.25) is 4.68 Å². The molecule has 0 unspecified atom stereocenters. The molecule has 18 heavy (non-hydrogen) atoms. The van der Waals surface area contributed by atoms with Gasteiger partial charge in [0.05, 0.1) is 10.7 Å². The number of rotatable bonds is 4. The maximum Gasteiger partial charge on any atom is 0.0987 e. The van der Waals surface area contributed by atoms with E-state index in [0.29, 0.717) is 6.54 Å². The van der Waals surface area contributed by atoms with Crippen LogP contribution in [0.15, 0.2) is 34.2 Å². The highest BCUT2D eigenvalue weighted by atomic mass is 32.2. The van der Waals surface area contributed by atoms with Crippen molar-refractivity contribution in [1.29, 1.82) is 0 Å². The molecule has 0 atom stereocenters. The minimum absolute atomic E-state index is 0.682. The molecule has 0 spiro atoms. The predicted octanol–water partition coefficient (Wildman–Crippen LogP) is 2.69. The van der Waals surface area contributed by atoms with Crippen LogP contribution in [0.4, 0.5) is 0 Å². The predicted molar refractivity (Wildman–Crippen MR) is 76.0 cm³/mol. The fourth-order valence-electron chi connectivity index (χ4n) is 1.95. The first kappa shape index (κ1) is 13.2. The van der Waals surface area contributed by atoms with Crippen molar-refractivity contribution in [3.63, 3.8) is 0 Å². The van der Waals surface area contributed by atoms with E-state index in [4.69, 9.17) is 5.73 Å². The van der Waals surface area contributed by atoms with Crippen LogP contribution < -0.4 is 5.73 Å². The summed E-state index contributed by atoms with van der Waals surface area (Å²) in [6.07, 6.45) is 0.918. The summed E-state index contributed by atoms with van der Waals surface area (Å²) in [7, 11) is 1.98. The highest BCUT2D eigenvalue weighted by molar-refractivity contribution is 7.99. The van der Waals surface area contributed by atoms with Crippen molar-refractivity contribution in [3.8, 4) is 0 Å². The van der Waals surface area contributed by atoms with Crippen molar-refractivity contribution in [3.05, 3.63) is 41.1 Å². The SMILES string of the molecule is Cc1ccc(Sc2cc(C)nn2C)c(CCN)c1. The largest absolute Gasteiger partial charge is 0.330 e. The Morgan fingerprint density at radius 2 is 2.06 bits per heavy atom. The standard InChI is InChI=1S/C14H19N3S/c1-10-4-5-13(12(8-10)6-7-15)18-14-9-11(2)16-17(14)3/h4-5,8-9H,6-7,15H2,1-3H3. The van der Waals surface area contributed by atoms with Gasteiger partial charge in [-0.25, -0.2) is 0 Å². The molecular formula is C14H19N3S. The van der Waals surface area contributed by atoms with Crippen LogP contribution in [0.3, 0.4) is 0 Å². The molecule has 3 nitrogen and oxygen atoms in total. The number of nitrogens with zero attached hydrogens (tertiary/aromatic N) is 2. The second-order valence-electron chi connectivity index (χ2n) is 4.50. The Kier molecular flexibility index (Phi) is 4.09. The molecule has 1 aromatic heterocycles. The van der Waals surface area contributed by atoms with Crippen LogP contribution >= 0.6 is 11.8 Å². The van der Waals surface area contributed by atoms with E-state index < -0.39 is 0 Å². The number of aromatic nitrogens is 2. The molecule has 1 aromatic carbocycles. The Morgan fingerprint density at radius 3 is 2.67 bits per heavy atom. The second-order valence-corrected chi connectivity index (χ2v) is 5.56. The fraction of sp³-hybridized carbons (Fsp3) is 0.357. The zero-order valence-corrected chi connectivity index (χ0v) is 11.9. The molecule has 2 N–H and O–H groups in total. The van der Waals surface area contributed by atoms with Crippen molar-refractivity contribution >= 4 is 11.8 Å². The molecular weight excluding hydrogens is 242 g/mol. The van der Waals surface area contributed by atoms with Crippen molar-refractivity contribution in [1.82, 2.24) is 9.78 Å². The minimum Gasteiger partial charge on any atom is -0.330 e. The van der Waals surface area contributed by atoms with Gasteiger partial charge in [0.25, 0.3) is 0 Å². The summed E-state index contributed by atoms with van der Waals surface area (Å²) in [4.78, 5) is 1.27. The maximum atomic E-state index is 5.68. The maximum absolute atomic E-state index is 5.68. The highest BCUT2D eigenvalue weighted by Gasteiger charge is 2.08. The van der Waals surface area contributed by atoms with E-state index in [0.717, 1.165) is 17.1 Å². The van der Waals surface area contributed by atoms with Crippen molar-refractivity contribution < 1.29 is 0 Å². The van der Waals surface area contributed by atoms with Crippen LogP contribution in [0.5, 0.6) is 0 Å². The van der Waals surface area contributed by atoms with Gasteiger partial charge in [-0.2, -0.15) is 5.10 Å². The van der Waals surface area contributed by atoms with Gasteiger partial charge in [0.2, 0.25) is 0 Å². The lowest BCUT2D eigenvalue weighted by Crippen LogP contribution is -2.04. The Morgan fingerprint density at radius 1 is 1.28 bits per heavy atom. The zero-order valence-electron chi connectivity index (χ0n) is 11.1. The second kappa shape index (κ2) is 5.59. The van der Waals surface area contributed by atoms with E-state index in [1.165, 1.54) is 16.0 Å². The molecule has 2 aromatic rings. The highest BCUT2D eigenvalue weighted by Crippen LogP contribution is 2.31. The van der Waals surface area contributed by atoms with Gasteiger partial charge in [0.15, 0.2) is 0 Å². The molecule has 0 aliphatic rings. The average molecular weight is 261 g/mol. The van der Waals surface area contributed by atoms with E-state index in [-0.39, 0.29) is 0 Å². The lowest BCUT2D eigenvalue weighted by atomic mass is 10.1. The summed E-state index contributed by atoms with van der Waals surface area (Å²) in [6.45, 7) is 4.81. The summed E-state index contributed by atoms with van der Waals surface area (Å²) in [5.74, 6) is 0. The number of nitrogens with two attached hydrogens (primary N) is 1. The van der Waals surface area contributed by atoms with Gasteiger partial charge in [-0.1, -0.05) is 29.5 Å². The molecule has 0 bridgehead atoms. The van der Waals surface area contributed by atoms with Crippen LogP contribution in [0.1, 0.15) is 16.8 Å². The normalized spacial score (nSPS) is 10.9. The Hall–Kier alpha value is -1.26. The molecule has 0 saturated carbocycles. The van der Waals surface area contributed by atoms with E-state index in [1.54, 1.807) is 11.8 Å². The van der Waals surface area contributed by atoms with E-state index in [1.807, 2.05) is 18.7 Å². The van der Waals surface area contributed by atoms with Crippen LogP contribution in [-0.2, 0) is 13.5 Å². The number of aryl methyl sites for hydroxylation is 3. The summed E-state index contributed by atoms with van der Waals surface area (Å²) in [5.41, 5.74) is 9.33. The van der Waals surface area contributed by atoms with Crippen molar-refractivity contribution in [2.75, 3.05) is 6.54 Å². The lowest BCUT2D eigenvalue weighted by molar-refractivity contribution is 0.692. The number of benzene rings is 1. The van der Waals surface area contributed by atoms with Gasteiger partial charge in [0, 0.05) is 11.9 Å². The van der Waals surface area contributed by atoms with Crippen LogP contribution in [-0.4, -0.2) is 16.3 Å². The monoisotopic (exact) mass is 261 g/mol. The summed E-state index contributed by atoms with van der Waals surface area (Å²) in [6, 6.07) is 8.65. The van der Waals surface area contributed by atoms with Crippen molar-refractivity contribution in [2.45, 2.75) is 30.2 Å². The molecule has 0 radical (unpaired) electrons. The van der Waals surface area contributed by atoms with E-state index >= 15 is 0 Å². The third-order valence-corrected chi connectivity index (χ3v) is 4.01. The van der Waals surface area contributed by atoms with Crippen LogP contribution in [0.25, 0.3) is 0 Å². The average Bonchev–Trinajstić information content (AvgIpc) is 2.62. The molecule has 0 saturated heterocycles. The van der Waals surface area contributed by atoms with Gasteiger partial charge in [0.1, 0.15) is 0 Å². The first-order chi connectivity index (χ1) is 8.60. The first-order valence-corrected chi connectivity index (χ1v) is 6.90. The van der Waals surface area contributed by atoms with Gasteiger partial charge >= 0.3 is 0 Å². The number of hydrogen-bond donors (Lipinski definition) is 1. The molecule has 0 fully saturated rings. The molecule has 2 rings (SSSR count). The molecule has 96 valence electrons. The fourth-order valence-corrected chi connectivity index (χ4v) is 3.01. The smallest absolute Gasteiger partial charge is 0.0987 e. The number of hydrogen-bond acceptors (Lipinski definition) is 3. The van der Waals surface area contributed by atoms with E-state index in [2.05, 4.69) is 36.3 Å². The molecule has 0 amide bonds. The first-order valence-electron chi connectivity index (χ1n) is 6.08. The van der Waals surface area contributed by atoms with Crippen LogP contribution in [0.2, 0.25) is 0 Å². The quantitative estimate of drug-likeness (QED) is 0.920. The van der Waals surface area contributed by atoms with Crippen LogP contribution in [0, 0.1) is 13.8 Å². The zero-order chi connectivity index (χ0) is 13.1. The van der Waals surface area contributed by atoms with Gasteiger partial charge in [-0.15, -0.1) is 0 Å². The Balaban J connectivity index is 2.30. The third kappa shape index (κ3) is 2.94. The summed E-state index contributed by atoms with van der Waals surface area (Å²) in [5, 5.41) is 5.53. The Bertz CT molecular complexity index is 546. The van der Waals surface area contributed by atoms with Gasteiger partial charge < -0.3 is 5.73 Å². The lowest BCUT2D eigenvalue weighted by Gasteiger charge is -2.09. The summed E-state index contributed by atoms with van der Waals surface area (Å²) < 4.78 is 1.92. The topological polar surface area (TPSA) is 43.8 Å². The summed E-state index contributed by atoms with van der Waals surface area (Å²) >= 11 is 1.76. The minimum atomic E-state index is 0.682. The molecule has 4 heteroatoms. The third-order valence-electron chi connectivity index (χ3n) is 2.80. The molecule has 0 aliphatic carbocycles.